The van der Waals surface area contributed by atoms with Crippen molar-refractivity contribution in [1.29, 1.82) is 0 Å². The number of carboxylic acid groups (broad SMARTS) is 1. The summed E-state index contributed by atoms with van der Waals surface area (Å²) >= 11 is 0.896. The molecule has 49 heavy (non-hydrogen) atoms. The van der Waals surface area contributed by atoms with Crippen LogP contribution in [0.2, 0.25) is 0 Å². The normalized spacial score (nSPS) is 15.0. The number of carboxylic acids is 1. The molecule has 0 aliphatic carbocycles. The summed E-state index contributed by atoms with van der Waals surface area (Å²) in [4.78, 5) is 84.5. The Kier molecular flexibility index (Phi) is 13.1. The van der Waals surface area contributed by atoms with Crippen LogP contribution in [0.3, 0.4) is 0 Å². The number of rotatable bonds is 11. The van der Waals surface area contributed by atoms with Crippen LogP contribution in [0.5, 0.6) is 5.75 Å². The molecule has 7 N–H and O–H groups in total. The molecule has 4 rings (SSSR count). The van der Waals surface area contributed by atoms with Gasteiger partial charge in [-0.2, -0.15) is 8.42 Å². The predicted molar refractivity (Wildman–Crippen MR) is 152 cm³/mol. The summed E-state index contributed by atoms with van der Waals surface area (Å²) in [7, 11) is -5.35. The number of aromatic nitrogens is 5. The molecule has 1 saturated heterocycles. The minimum absolute atomic E-state index is 0. The van der Waals surface area contributed by atoms with Gasteiger partial charge in [0.15, 0.2) is 28.0 Å². The number of carbonyl (C=O) groups excluding carboxylic acids is 4. The average Bonchev–Trinajstić information content (AvgIpc) is 3.54. The Morgan fingerprint density at radius 3 is 2.43 bits per heavy atom. The zero-order chi connectivity index (χ0) is 35.0. The van der Waals surface area contributed by atoms with Gasteiger partial charge in [-0.05, 0) is 13.8 Å². The maximum Gasteiger partial charge on any atom is 1.00 e. The molecule has 0 aromatic carbocycles. The molecule has 250 valence electrons. The number of pyridine rings is 1. The molecular formula is C22H21N11Na2O12S2. The molecule has 0 spiro atoms. The smallest absolute Gasteiger partial charge is 0.845 e. The number of carbonyl (C=O) groups is 4. The molecule has 4 heterocycles. The number of nitrogens with zero attached hydrogens (tertiary/aromatic N) is 7. The summed E-state index contributed by atoms with van der Waals surface area (Å²) in [5, 5.41) is 43.9. The number of aromatic amines is 1. The minimum Gasteiger partial charge on any atom is -0.845 e. The van der Waals surface area contributed by atoms with Gasteiger partial charge in [-0.25, -0.2) is 9.78 Å². The molecule has 1 fully saturated rings. The topological polar surface area (TPSA) is 356 Å². The number of aromatic hydroxyl groups is 1. The van der Waals surface area contributed by atoms with Crippen LogP contribution in [0.15, 0.2) is 36.8 Å². The van der Waals surface area contributed by atoms with E-state index in [1.165, 1.54) is 5.38 Å². The fourth-order valence-electron chi connectivity index (χ4n) is 3.53. The number of nitrogens with one attached hydrogen (secondary N) is 2. The number of H-pyrrole nitrogens is 1. The third kappa shape index (κ3) is 8.93. The van der Waals surface area contributed by atoms with Crippen LogP contribution >= 0.6 is 11.3 Å². The number of β-lactam (4-membered cyclic amide) rings is 1. The van der Waals surface area contributed by atoms with Crippen LogP contribution in [0, 0.1) is 0 Å². The Balaban J connectivity index is 0.00000417. The van der Waals surface area contributed by atoms with Gasteiger partial charge in [0, 0.05) is 17.6 Å². The summed E-state index contributed by atoms with van der Waals surface area (Å²) in [5.41, 5.74) is 5.12. The standard InChI is InChI=1S/C22H23N11O12S2.2Na/c1-22(2,18(39)40)45-29-14(10-7-46-19(24)27-10)16(37)26-9-5-32(17(9)38)20(41)30-47(43,44)33-21(42)31(6-13(23)36)15(28-33)8-3-11(34)12(35)4-25-8;;/h3-4,7,9,35H,5-6H2,1-2H3,(H2,23,36)(H2,24,27)(H,25,34)(H,26,37)(H,30,41)(H,39,40);;/q;2*+1/p-2/b29-14-;;/t9-;;/m0../s1. The number of primary amides is 1. The first-order chi connectivity index (χ1) is 21.8. The number of nitrogen functional groups attached to an aromatic ring is 1. The number of anilines is 1. The second kappa shape index (κ2) is 15.6. The number of thiazole rings is 1. The van der Waals surface area contributed by atoms with Crippen molar-refractivity contribution in [3.8, 4) is 17.3 Å². The van der Waals surface area contributed by atoms with Crippen LogP contribution in [-0.2, 0) is 40.8 Å². The van der Waals surface area contributed by atoms with Crippen molar-refractivity contribution in [1.82, 2.24) is 33.9 Å². The average molecular weight is 742 g/mol. The molecule has 1 aliphatic rings. The number of hydrogen-bond donors (Lipinski definition) is 5. The Morgan fingerprint density at radius 1 is 1.24 bits per heavy atom. The minimum atomic E-state index is -5.35. The van der Waals surface area contributed by atoms with Gasteiger partial charge in [-0.15, -0.1) is 20.8 Å². The Morgan fingerprint density at radius 2 is 1.90 bits per heavy atom. The van der Waals surface area contributed by atoms with Gasteiger partial charge in [0.1, 0.15) is 18.3 Å². The van der Waals surface area contributed by atoms with E-state index in [1.54, 1.807) is 0 Å². The second-order valence-corrected chi connectivity index (χ2v) is 12.1. The maximum absolute atomic E-state index is 12.9. The van der Waals surface area contributed by atoms with Crippen LogP contribution in [0.25, 0.3) is 11.5 Å². The summed E-state index contributed by atoms with van der Waals surface area (Å²) in [6.45, 7) is 0.614. The molecule has 0 radical (unpaired) electrons. The zero-order valence-corrected chi connectivity index (χ0v) is 31.4. The van der Waals surface area contributed by atoms with E-state index in [2.05, 4.69) is 29.9 Å². The number of hydrogen-bond acceptors (Lipinski definition) is 17. The molecule has 1 atom stereocenters. The fraction of sp³-hybridized carbons (Fsp3) is 0.273. The molecule has 3 amide bonds. The summed E-state index contributed by atoms with van der Waals surface area (Å²) in [5.74, 6) is -6.42. The van der Waals surface area contributed by atoms with E-state index in [9.17, 15) is 52.5 Å². The van der Waals surface area contributed by atoms with Gasteiger partial charge in [0.05, 0.1) is 24.2 Å². The van der Waals surface area contributed by atoms with E-state index in [-0.39, 0.29) is 79.7 Å². The van der Waals surface area contributed by atoms with E-state index >= 15 is 0 Å². The van der Waals surface area contributed by atoms with Crippen LogP contribution < -0.4 is 97.2 Å². The van der Waals surface area contributed by atoms with Crippen LogP contribution in [0.4, 0.5) is 5.13 Å². The largest absolute Gasteiger partial charge is 1.00 e. The van der Waals surface area contributed by atoms with E-state index in [0.717, 1.165) is 37.4 Å². The summed E-state index contributed by atoms with van der Waals surface area (Å²) in [6, 6.07) is -2.40. The van der Waals surface area contributed by atoms with Crippen LogP contribution in [0.1, 0.15) is 19.5 Å². The quantitative estimate of drug-likeness (QED) is 0.0400. The number of likely N-dealkylation sites (tertiary alicyclic amines) is 1. The SMILES string of the molecule is CC(C)(O/N=C(\C(=O)N[C@H]1CN(C([O-])=NS(=O)(=O)n2nc(-c3cc(=O)c(O)c[nH]3)n(CC(N)=O)c2=O)C1=O)c1csc(N)n1)C(=O)[O-].[Na+].[Na+]. The van der Waals surface area contributed by atoms with Gasteiger partial charge in [0.2, 0.25) is 11.3 Å². The maximum atomic E-state index is 12.9. The van der Waals surface area contributed by atoms with Crippen molar-refractivity contribution in [2.24, 2.45) is 15.3 Å². The first kappa shape index (κ1) is 41.1. The van der Waals surface area contributed by atoms with Gasteiger partial charge >= 0.3 is 75.0 Å². The second-order valence-electron chi connectivity index (χ2n) is 9.82. The number of oxime groups is 1. The van der Waals surface area contributed by atoms with Gasteiger partial charge in [-0.3, -0.25) is 23.7 Å². The molecule has 27 heteroatoms. The van der Waals surface area contributed by atoms with Gasteiger partial charge in [0.25, 0.3) is 11.8 Å². The first-order valence-electron chi connectivity index (χ1n) is 12.6. The first-order valence-corrected chi connectivity index (χ1v) is 14.8. The monoisotopic (exact) mass is 741 g/mol. The zero-order valence-electron chi connectivity index (χ0n) is 25.8. The molecular weight excluding hydrogens is 720 g/mol. The van der Waals surface area contributed by atoms with E-state index in [4.69, 9.17) is 16.3 Å². The molecule has 0 bridgehead atoms. The number of amidine groups is 1. The predicted octanol–water partition coefficient (Wildman–Crippen LogP) is -12.3. The Labute approximate surface area is 321 Å². The number of nitrogens with two attached hydrogens (primary N) is 2. The van der Waals surface area contributed by atoms with Crippen LogP contribution in [-0.4, -0.2) is 95.8 Å². The van der Waals surface area contributed by atoms with E-state index < -0.39 is 93.1 Å². The summed E-state index contributed by atoms with van der Waals surface area (Å²) < 4.78 is 28.8. The number of aliphatic carboxylic acids is 1. The van der Waals surface area contributed by atoms with Crippen molar-refractivity contribution in [3.63, 3.8) is 0 Å². The van der Waals surface area contributed by atoms with E-state index in [0.29, 0.717) is 9.47 Å². The Hall–Kier alpha value is -4.11. The third-order valence-corrected chi connectivity index (χ3v) is 7.73. The fourth-order valence-corrected chi connectivity index (χ4v) is 4.93. The summed E-state index contributed by atoms with van der Waals surface area (Å²) in [6.07, 6.45) is 0.797. The molecule has 0 saturated carbocycles. The molecule has 23 nitrogen and oxygen atoms in total. The van der Waals surface area contributed by atoms with Crippen molar-refractivity contribution in [2.45, 2.75) is 32.0 Å². The van der Waals surface area contributed by atoms with Crippen molar-refractivity contribution in [2.75, 3.05) is 12.3 Å². The van der Waals surface area contributed by atoms with Gasteiger partial charge in [-0.1, -0.05) is 9.24 Å². The number of amides is 3. The molecule has 3 aromatic rings. The third-order valence-electron chi connectivity index (χ3n) is 6.00. The van der Waals surface area contributed by atoms with Gasteiger partial charge < -0.3 is 51.6 Å². The van der Waals surface area contributed by atoms with Crippen molar-refractivity contribution < 1.29 is 107 Å². The molecule has 1 aliphatic heterocycles. The molecule has 3 aromatic heterocycles. The Bertz CT molecular complexity index is 2100. The van der Waals surface area contributed by atoms with E-state index in [1.807, 2.05) is 0 Å². The van der Waals surface area contributed by atoms with Crippen molar-refractivity contribution in [3.05, 3.63) is 44.0 Å². The van der Waals surface area contributed by atoms with Crippen molar-refractivity contribution >= 4 is 62.1 Å². The molecule has 0 unspecified atom stereocenters.